The lowest BCUT2D eigenvalue weighted by atomic mass is 10.1. The van der Waals surface area contributed by atoms with Crippen LogP contribution in [0.25, 0.3) is 5.69 Å². The average molecular weight is 440 g/mol. The molecule has 6 nitrogen and oxygen atoms in total. The molecule has 1 heterocycles. The Morgan fingerprint density at radius 3 is 2.57 bits per heavy atom. The standard InChI is InChI=1S/C20H17ClF3N3O3/c1-29-15-7-6-12(17(9-15)30-2)10-25-19(28)16-11-26-27(18(16)20(22,23)24)14-5-3-4-13(21)8-14/h3-9,11H,10H2,1-2H3,(H,25,28). The zero-order valence-corrected chi connectivity index (χ0v) is 16.7. The summed E-state index contributed by atoms with van der Waals surface area (Å²) in [5.41, 5.74) is -1.13. The van der Waals surface area contributed by atoms with Crippen LogP contribution in [0.15, 0.2) is 48.7 Å². The molecule has 0 radical (unpaired) electrons. The van der Waals surface area contributed by atoms with Crippen molar-refractivity contribution in [3.63, 3.8) is 0 Å². The van der Waals surface area contributed by atoms with Crippen LogP contribution in [-0.4, -0.2) is 29.9 Å². The minimum Gasteiger partial charge on any atom is -0.497 e. The van der Waals surface area contributed by atoms with Gasteiger partial charge in [-0.1, -0.05) is 17.7 Å². The Morgan fingerprint density at radius 1 is 1.17 bits per heavy atom. The number of rotatable bonds is 6. The number of halogens is 4. The van der Waals surface area contributed by atoms with E-state index >= 15 is 0 Å². The van der Waals surface area contributed by atoms with Gasteiger partial charge in [0, 0.05) is 23.2 Å². The molecule has 0 fully saturated rings. The summed E-state index contributed by atoms with van der Waals surface area (Å²) in [5.74, 6) is 0.0536. The lowest BCUT2D eigenvalue weighted by molar-refractivity contribution is -0.143. The molecule has 0 saturated heterocycles. The van der Waals surface area contributed by atoms with Gasteiger partial charge in [0.25, 0.3) is 5.91 Å². The number of aromatic nitrogens is 2. The lowest BCUT2D eigenvalue weighted by Crippen LogP contribution is -2.26. The first-order valence-corrected chi connectivity index (χ1v) is 9.02. The van der Waals surface area contributed by atoms with Crippen molar-refractivity contribution >= 4 is 17.5 Å². The molecule has 158 valence electrons. The largest absolute Gasteiger partial charge is 0.497 e. The molecule has 1 amide bonds. The number of alkyl halides is 3. The van der Waals surface area contributed by atoms with Gasteiger partial charge in [0.2, 0.25) is 0 Å². The minimum absolute atomic E-state index is 0.0500. The highest BCUT2D eigenvalue weighted by atomic mass is 35.5. The summed E-state index contributed by atoms with van der Waals surface area (Å²) in [6.45, 7) is -0.0500. The zero-order valence-electron chi connectivity index (χ0n) is 16.0. The fraction of sp³-hybridized carbons (Fsp3) is 0.200. The second kappa shape index (κ2) is 8.66. The predicted octanol–water partition coefficient (Wildman–Crippen LogP) is 4.49. The summed E-state index contributed by atoms with van der Waals surface area (Å²) >= 11 is 5.88. The maximum atomic E-state index is 13.7. The first kappa shape index (κ1) is 21.5. The van der Waals surface area contributed by atoms with Crippen LogP contribution in [0.2, 0.25) is 5.02 Å². The molecule has 3 rings (SSSR count). The number of nitrogens with zero attached hydrogens (tertiary/aromatic N) is 2. The number of benzene rings is 2. The van der Waals surface area contributed by atoms with Gasteiger partial charge in [0.15, 0.2) is 5.69 Å². The molecule has 0 bridgehead atoms. The Balaban J connectivity index is 1.90. The SMILES string of the molecule is COc1ccc(CNC(=O)c2cnn(-c3cccc(Cl)c3)c2C(F)(F)F)c(OC)c1. The summed E-state index contributed by atoms with van der Waals surface area (Å²) in [7, 11) is 2.93. The van der Waals surface area contributed by atoms with E-state index in [1.54, 1.807) is 18.2 Å². The third-order valence-electron chi connectivity index (χ3n) is 4.27. The van der Waals surface area contributed by atoms with Crippen LogP contribution < -0.4 is 14.8 Å². The fourth-order valence-corrected chi connectivity index (χ4v) is 3.04. The predicted molar refractivity (Wildman–Crippen MR) is 104 cm³/mol. The van der Waals surface area contributed by atoms with Gasteiger partial charge in [-0.3, -0.25) is 4.79 Å². The summed E-state index contributed by atoms with van der Waals surface area (Å²) in [6, 6.07) is 10.7. The summed E-state index contributed by atoms with van der Waals surface area (Å²) < 4.78 is 52.2. The Bertz CT molecular complexity index is 1070. The Labute approximate surface area is 175 Å². The van der Waals surface area contributed by atoms with Crippen molar-refractivity contribution in [2.24, 2.45) is 0 Å². The fourth-order valence-electron chi connectivity index (χ4n) is 2.86. The van der Waals surface area contributed by atoms with Crippen LogP contribution >= 0.6 is 11.6 Å². The molecule has 1 aromatic heterocycles. The van der Waals surface area contributed by atoms with E-state index < -0.39 is 23.3 Å². The van der Waals surface area contributed by atoms with Crippen molar-refractivity contribution in [2.75, 3.05) is 14.2 Å². The summed E-state index contributed by atoms with van der Waals surface area (Å²) in [6.07, 6.45) is -3.94. The van der Waals surface area contributed by atoms with Crippen LogP contribution in [0.3, 0.4) is 0 Å². The molecule has 3 aromatic rings. The van der Waals surface area contributed by atoms with E-state index in [-0.39, 0.29) is 17.3 Å². The zero-order chi connectivity index (χ0) is 21.9. The normalized spacial score (nSPS) is 11.3. The van der Waals surface area contributed by atoms with Gasteiger partial charge in [-0.2, -0.15) is 18.3 Å². The molecule has 10 heteroatoms. The van der Waals surface area contributed by atoms with Crippen LogP contribution in [0.1, 0.15) is 21.6 Å². The maximum Gasteiger partial charge on any atom is 0.434 e. The number of hydrogen-bond acceptors (Lipinski definition) is 4. The van der Waals surface area contributed by atoms with E-state index in [4.69, 9.17) is 21.1 Å². The number of hydrogen-bond donors (Lipinski definition) is 1. The minimum atomic E-state index is -4.82. The molecule has 0 spiro atoms. The lowest BCUT2D eigenvalue weighted by Gasteiger charge is -2.14. The molecule has 0 aliphatic carbocycles. The first-order chi connectivity index (χ1) is 14.2. The van der Waals surface area contributed by atoms with E-state index in [1.807, 2.05) is 0 Å². The molecule has 0 aliphatic rings. The highest BCUT2D eigenvalue weighted by Crippen LogP contribution is 2.34. The molecular formula is C20H17ClF3N3O3. The van der Waals surface area contributed by atoms with Crippen molar-refractivity contribution in [3.8, 4) is 17.2 Å². The highest BCUT2D eigenvalue weighted by Gasteiger charge is 2.40. The average Bonchev–Trinajstić information content (AvgIpc) is 3.18. The van der Waals surface area contributed by atoms with Crippen molar-refractivity contribution in [3.05, 3.63) is 70.5 Å². The molecule has 1 N–H and O–H groups in total. The summed E-state index contributed by atoms with van der Waals surface area (Å²) in [4.78, 5) is 12.6. The van der Waals surface area contributed by atoms with E-state index in [0.717, 1.165) is 6.20 Å². The van der Waals surface area contributed by atoms with Gasteiger partial charge in [-0.15, -0.1) is 0 Å². The molecule has 0 aliphatic heterocycles. The number of amides is 1. The van der Waals surface area contributed by atoms with Gasteiger partial charge in [-0.25, -0.2) is 4.68 Å². The molecule has 2 aromatic carbocycles. The summed E-state index contributed by atoms with van der Waals surface area (Å²) in [5, 5.41) is 6.48. The van der Waals surface area contributed by atoms with Gasteiger partial charge >= 0.3 is 6.18 Å². The second-order valence-corrected chi connectivity index (χ2v) is 6.59. The Kier molecular flexibility index (Phi) is 6.21. The quantitative estimate of drug-likeness (QED) is 0.614. The molecule has 0 atom stereocenters. The van der Waals surface area contributed by atoms with E-state index in [2.05, 4.69) is 10.4 Å². The molecule has 0 saturated carbocycles. The maximum absolute atomic E-state index is 13.7. The van der Waals surface area contributed by atoms with E-state index in [1.165, 1.54) is 38.5 Å². The second-order valence-electron chi connectivity index (χ2n) is 6.16. The Hall–Kier alpha value is -3.20. The Morgan fingerprint density at radius 2 is 1.93 bits per heavy atom. The van der Waals surface area contributed by atoms with E-state index in [0.29, 0.717) is 21.7 Å². The number of ether oxygens (including phenoxy) is 2. The first-order valence-electron chi connectivity index (χ1n) is 8.65. The van der Waals surface area contributed by atoms with Crippen molar-refractivity contribution in [1.29, 1.82) is 0 Å². The van der Waals surface area contributed by atoms with Crippen molar-refractivity contribution in [2.45, 2.75) is 12.7 Å². The third-order valence-corrected chi connectivity index (χ3v) is 4.50. The van der Waals surface area contributed by atoms with Gasteiger partial charge < -0.3 is 14.8 Å². The van der Waals surface area contributed by atoms with Crippen molar-refractivity contribution in [1.82, 2.24) is 15.1 Å². The van der Waals surface area contributed by atoms with Gasteiger partial charge in [0.05, 0.1) is 31.7 Å². The van der Waals surface area contributed by atoms with Gasteiger partial charge in [-0.05, 0) is 30.3 Å². The smallest absolute Gasteiger partial charge is 0.434 e. The van der Waals surface area contributed by atoms with Crippen molar-refractivity contribution < 1.29 is 27.4 Å². The van der Waals surface area contributed by atoms with Crippen LogP contribution in [-0.2, 0) is 12.7 Å². The van der Waals surface area contributed by atoms with Crippen LogP contribution in [0, 0.1) is 0 Å². The number of carbonyl (C=O) groups excluding carboxylic acids is 1. The molecular weight excluding hydrogens is 423 g/mol. The molecule has 30 heavy (non-hydrogen) atoms. The van der Waals surface area contributed by atoms with Crippen LogP contribution in [0.4, 0.5) is 13.2 Å². The highest BCUT2D eigenvalue weighted by molar-refractivity contribution is 6.30. The number of carbonyl (C=O) groups is 1. The van der Waals surface area contributed by atoms with Crippen LogP contribution in [0.5, 0.6) is 11.5 Å². The van der Waals surface area contributed by atoms with E-state index in [9.17, 15) is 18.0 Å². The molecule has 0 unspecified atom stereocenters. The third kappa shape index (κ3) is 4.51. The van der Waals surface area contributed by atoms with Gasteiger partial charge in [0.1, 0.15) is 11.5 Å². The monoisotopic (exact) mass is 439 g/mol. The topological polar surface area (TPSA) is 65.4 Å². The number of methoxy groups -OCH3 is 2. The number of nitrogens with one attached hydrogen (secondary N) is 1.